The van der Waals surface area contributed by atoms with Crippen LogP contribution in [0.2, 0.25) is 0 Å². The zero-order valence-electron chi connectivity index (χ0n) is 22.5. The summed E-state index contributed by atoms with van der Waals surface area (Å²) in [4.78, 5) is 23.1. The number of ether oxygens (including phenoxy) is 1. The zero-order valence-corrected chi connectivity index (χ0v) is 22.5. The maximum absolute atomic E-state index is 11.5. The summed E-state index contributed by atoms with van der Waals surface area (Å²) < 4.78 is 4.25. The van der Waals surface area contributed by atoms with Crippen LogP contribution in [0, 0.1) is 81.8 Å². The van der Waals surface area contributed by atoms with Crippen molar-refractivity contribution in [1.29, 1.82) is 0 Å². The predicted octanol–water partition coefficient (Wildman–Crippen LogP) is 6.61. The first-order valence-electron chi connectivity index (χ1n) is 15.0. The molecule has 8 aliphatic rings. The summed E-state index contributed by atoms with van der Waals surface area (Å²) in [5, 5.41) is 0. The van der Waals surface area contributed by atoms with E-state index in [-0.39, 0.29) is 10.8 Å². The summed E-state index contributed by atoms with van der Waals surface area (Å²) in [6, 6.07) is 0. The molecule has 7 saturated carbocycles. The molecule has 0 spiro atoms. The summed E-state index contributed by atoms with van der Waals surface area (Å²) in [5.74, 6) is 10.9. The van der Waals surface area contributed by atoms with Gasteiger partial charge in [-0.25, -0.2) is 0 Å². The standard InChI is InChI=1S/C15H22O.C15H20O.C2H6O/c2*1-2-15(8-16)7-11-6-12(15)14-10-4-3-9(5-10)13(11)14;1-3-2/h8-14H,2-7H2,1H3;3-4,8-14H,2,5-7H2,1H3;1-2H3. The SMILES string of the molecule is CCC1(C=O)CC2CC1C1C3C=CC(C3)C21.CCC1(C=O)CC2CC1C1C3CCC(C3)C21.COC. The fraction of sp³-hybridized carbons (Fsp3) is 0.875. The first kappa shape index (κ1) is 24.4. The molecule has 0 aromatic carbocycles. The van der Waals surface area contributed by atoms with E-state index in [1.54, 1.807) is 14.2 Å². The molecule has 8 rings (SSSR count). The van der Waals surface area contributed by atoms with E-state index in [0.29, 0.717) is 0 Å². The lowest BCUT2D eigenvalue weighted by Crippen LogP contribution is -2.40. The van der Waals surface area contributed by atoms with Crippen LogP contribution in [0.5, 0.6) is 0 Å². The van der Waals surface area contributed by atoms with Crippen LogP contribution in [0.4, 0.5) is 0 Å². The summed E-state index contributed by atoms with van der Waals surface area (Å²) in [7, 11) is 3.25. The zero-order chi connectivity index (χ0) is 24.5. The van der Waals surface area contributed by atoms with E-state index < -0.39 is 0 Å². The van der Waals surface area contributed by atoms with E-state index in [0.717, 1.165) is 83.9 Å². The van der Waals surface area contributed by atoms with Crippen molar-refractivity contribution in [2.24, 2.45) is 81.8 Å². The predicted molar refractivity (Wildman–Crippen MR) is 138 cm³/mol. The lowest BCUT2D eigenvalue weighted by atomic mass is 9.60. The van der Waals surface area contributed by atoms with Gasteiger partial charge in [-0.1, -0.05) is 26.0 Å². The van der Waals surface area contributed by atoms with Crippen LogP contribution in [0.15, 0.2) is 12.2 Å². The molecular formula is C32H48O3. The molecule has 8 bridgehead atoms. The van der Waals surface area contributed by atoms with Crippen molar-refractivity contribution in [3.8, 4) is 0 Å². The fourth-order valence-electron chi connectivity index (χ4n) is 12.3. The molecule has 0 saturated heterocycles. The van der Waals surface area contributed by atoms with Crippen molar-refractivity contribution in [3.05, 3.63) is 12.2 Å². The number of aldehydes is 2. The number of methoxy groups -OCH3 is 1. The highest BCUT2D eigenvalue weighted by molar-refractivity contribution is 5.62. The molecule has 194 valence electrons. The van der Waals surface area contributed by atoms with Crippen molar-refractivity contribution in [2.45, 2.75) is 78.1 Å². The first-order valence-corrected chi connectivity index (χ1v) is 15.0. The molecule has 0 heterocycles. The second kappa shape index (κ2) is 8.81. The highest BCUT2D eigenvalue weighted by Gasteiger charge is 2.67. The summed E-state index contributed by atoms with van der Waals surface area (Å²) >= 11 is 0. The topological polar surface area (TPSA) is 43.4 Å². The normalized spacial score (nSPS) is 56.3. The number of fused-ring (bicyclic) bond motifs is 18. The van der Waals surface area contributed by atoms with Gasteiger partial charge < -0.3 is 14.3 Å². The van der Waals surface area contributed by atoms with Crippen LogP contribution in [-0.4, -0.2) is 26.8 Å². The third-order valence-electron chi connectivity index (χ3n) is 13.3. The minimum atomic E-state index is 0.0736. The summed E-state index contributed by atoms with van der Waals surface area (Å²) in [6.07, 6.45) is 20.9. The molecule has 0 radical (unpaired) electrons. The number of rotatable bonds is 4. The second-order valence-corrected chi connectivity index (χ2v) is 14.0. The van der Waals surface area contributed by atoms with Crippen LogP contribution in [0.1, 0.15) is 78.1 Å². The van der Waals surface area contributed by atoms with Gasteiger partial charge in [0.1, 0.15) is 12.6 Å². The van der Waals surface area contributed by atoms with Crippen molar-refractivity contribution in [2.75, 3.05) is 14.2 Å². The van der Waals surface area contributed by atoms with Gasteiger partial charge in [-0.15, -0.1) is 0 Å². The monoisotopic (exact) mass is 480 g/mol. The van der Waals surface area contributed by atoms with Crippen LogP contribution in [0.25, 0.3) is 0 Å². The second-order valence-electron chi connectivity index (χ2n) is 14.0. The Bertz CT molecular complexity index is 865. The molecule has 14 unspecified atom stereocenters. The van der Waals surface area contributed by atoms with Gasteiger partial charge in [0.05, 0.1) is 0 Å². The third-order valence-corrected chi connectivity index (χ3v) is 13.3. The highest BCUT2D eigenvalue weighted by atomic mass is 16.4. The van der Waals surface area contributed by atoms with E-state index in [1.165, 1.54) is 63.9 Å². The molecule has 35 heavy (non-hydrogen) atoms. The van der Waals surface area contributed by atoms with Crippen molar-refractivity contribution < 1.29 is 14.3 Å². The molecule has 0 aromatic heterocycles. The molecule has 0 aromatic rings. The highest BCUT2D eigenvalue weighted by Crippen LogP contribution is 2.72. The average molecular weight is 481 g/mol. The Balaban J connectivity index is 0.000000118. The van der Waals surface area contributed by atoms with Gasteiger partial charge in [0.25, 0.3) is 0 Å². The van der Waals surface area contributed by atoms with Crippen LogP contribution < -0.4 is 0 Å². The maximum atomic E-state index is 11.5. The third kappa shape index (κ3) is 3.25. The van der Waals surface area contributed by atoms with Crippen molar-refractivity contribution >= 4 is 12.6 Å². The van der Waals surface area contributed by atoms with Gasteiger partial charge in [0.2, 0.25) is 0 Å². The number of carbonyl (C=O) groups is 2. The molecule has 14 atom stereocenters. The number of hydrogen-bond donors (Lipinski definition) is 0. The first-order chi connectivity index (χ1) is 17.0. The Morgan fingerprint density at radius 2 is 1.17 bits per heavy atom. The number of hydrogen-bond acceptors (Lipinski definition) is 3. The average Bonchev–Trinajstić information content (AvgIpc) is 3.72. The van der Waals surface area contributed by atoms with E-state index in [1.807, 2.05) is 0 Å². The van der Waals surface area contributed by atoms with E-state index in [9.17, 15) is 9.59 Å². The largest absolute Gasteiger partial charge is 0.388 e. The molecule has 8 aliphatic carbocycles. The van der Waals surface area contributed by atoms with E-state index >= 15 is 0 Å². The Morgan fingerprint density at radius 3 is 1.71 bits per heavy atom. The lowest BCUT2D eigenvalue weighted by Gasteiger charge is -2.43. The van der Waals surface area contributed by atoms with Gasteiger partial charge in [0, 0.05) is 25.0 Å². The molecule has 3 nitrogen and oxygen atoms in total. The van der Waals surface area contributed by atoms with Gasteiger partial charge in [-0.2, -0.15) is 0 Å². The molecule has 3 heteroatoms. The Hall–Kier alpha value is -0.960. The van der Waals surface area contributed by atoms with Crippen molar-refractivity contribution in [3.63, 3.8) is 0 Å². The van der Waals surface area contributed by atoms with Gasteiger partial charge in [-0.05, 0) is 135 Å². The summed E-state index contributed by atoms with van der Waals surface area (Å²) in [6.45, 7) is 4.45. The Morgan fingerprint density at radius 1 is 0.686 bits per heavy atom. The minimum absolute atomic E-state index is 0.0736. The number of carbonyl (C=O) groups excluding carboxylic acids is 2. The van der Waals surface area contributed by atoms with E-state index in [4.69, 9.17) is 0 Å². The van der Waals surface area contributed by atoms with E-state index in [2.05, 4.69) is 30.7 Å². The van der Waals surface area contributed by atoms with Crippen LogP contribution in [0.3, 0.4) is 0 Å². The summed E-state index contributed by atoms with van der Waals surface area (Å²) in [5.41, 5.74) is 0.181. The molecular weight excluding hydrogens is 432 g/mol. The van der Waals surface area contributed by atoms with Gasteiger partial charge in [-0.3, -0.25) is 0 Å². The van der Waals surface area contributed by atoms with Crippen LogP contribution >= 0.6 is 0 Å². The van der Waals surface area contributed by atoms with Crippen LogP contribution in [-0.2, 0) is 14.3 Å². The number of allylic oxidation sites excluding steroid dienone is 2. The van der Waals surface area contributed by atoms with Gasteiger partial charge in [0.15, 0.2) is 0 Å². The molecule has 0 N–H and O–H groups in total. The Kier molecular flexibility index (Phi) is 6.14. The minimum Gasteiger partial charge on any atom is -0.388 e. The quantitative estimate of drug-likeness (QED) is 0.258. The smallest absolute Gasteiger partial charge is 0.126 e. The van der Waals surface area contributed by atoms with Gasteiger partial charge >= 0.3 is 0 Å². The maximum Gasteiger partial charge on any atom is 0.126 e. The Labute approximate surface area is 213 Å². The molecule has 7 fully saturated rings. The fourth-order valence-corrected chi connectivity index (χ4v) is 12.3. The molecule has 0 amide bonds. The lowest BCUT2D eigenvalue weighted by molar-refractivity contribution is -0.122. The molecule has 0 aliphatic heterocycles. The van der Waals surface area contributed by atoms with Crippen molar-refractivity contribution in [1.82, 2.24) is 0 Å².